The molecule has 2 rings (SSSR count). The van der Waals surface area contributed by atoms with Crippen LogP contribution in [0.3, 0.4) is 0 Å². The minimum absolute atomic E-state index is 0.0813. The van der Waals surface area contributed by atoms with Crippen molar-refractivity contribution in [3.8, 4) is 0 Å². The summed E-state index contributed by atoms with van der Waals surface area (Å²) < 4.78 is 6.64. The second-order valence-corrected chi connectivity index (χ2v) is 15.2. The number of carboxylic acids is 1. The molecule has 8 heteroatoms. The lowest BCUT2D eigenvalue weighted by Gasteiger charge is -2.42. The second-order valence-electron chi connectivity index (χ2n) is 9.76. The lowest BCUT2D eigenvalue weighted by molar-refractivity contribution is 0.0670. The van der Waals surface area contributed by atoms with Crippen LogP contribution in [0.5, 0.6) is 0 Å². The number of carbonyl (C=O) groups excluding carboxylic acids is 1. The van der Waals surface area contributed by atoms with Crippen LogP contribution < -0.4 is 0 Å². The van der Waals surface area contributed by atoms with Gasteiger partial charge < -0.3 is 14.6 Å². The van der Waals surface area contributed by atoms with Crippen LogP contribution in [0, 0.1) is 0 Å². The average Bonchev–Trinajstić information content (AvgIpc) is 2.79. The van der Waals surface area contributed by atoms with Crippen molar-refractivity contribution < 1.29 is 29.0 Å². The molecule has 0 heterocycles. The van der Waals surface area contributed by atoms with Crippen molar-refractivity contribution in [2.75, 3.05) is 6.54 Å². The lowest BCUT2D eigenvalue weighted by Crippen LogP contribution is -2.47. The average molecular weight is 500 g/mol. The van der Waals surface area contributed by atoms with Gasteiger partial charge in [0.05, 0.1) is 17.7 Å². The van der Waals surface area contributed by atoms with Gasteiger partial charge in [0.15, 0.2) is 0 Å². The first-order valence-corrected chi connectivity index (χ1v) is 14.1. The standard InChI is InChI=1S/C27H37NO6Si/c1-18(2)35(19(3)4,20(5)6)34-17-22-13-11-21(12-14-22)15-16-28(27(32)33)25(29)23-9-7-8-10-24(23)26(30)31/h7-14,18-20H,15-17H2,1-6H3,(H,30,31)(H,32,33). The van der Waals surface area contributed by atoms with E-state index in [4.69, 9.17) is 4.43 Å². The van der Waals surface area contributed by atoms with Crippen LogP contribution in [0.4, 0.5) is 4.79 Å². The zero-order valence-corrected chi connectivity index (χ0v) is 22.4. The van der Waals surface area contributed by atoms with Crippen molar-refractivity contribution in [3.63, 3.8) is 0 Å². The second kappa shape index (κ2) is 12.1. The number of nitrogens with zero attached hydrogens (tertiary/aromatic N) is 1. The Morgan fingerprint density at radius 1 is 0.800 bits per heavy atom. The van der Waals surface area contributed by atoms with Gasteiger partial charge in [0, 0.05) is 6.54 Å². The Morgan fingerprint density at radius 3 is 1.74 bits per heavy atom. The molecule has 35 heavy (non-hydrogen) atoms. The molecule has 2 aromatic carbocycles. The summed E-state index contributed by atoms with van der Waals surface area (Å²) in [5, 5.41) is 18.9. The topological polar surface area (TPSA) is 104 Å². The Hall–Kier alpha value is -2.97. The summed E-state index contributed by atoms with van der Waals surface area (Å²) in [6.45, 7) is 14.0. The molecule has 0 bridgehead atoms. The number of carboxylic acid groups (broad SMARTS) is 2. The predicted molar refractivity (Wildman–Crippen MR) is 138 cm³/mol. The minimum atomic E-state index is -1.98. The van der Waals surface area contributed by atoms with E-state index in [1.807, 2.05) is 24.3 Å². The van der Waals surface area contributed by atoms with Crippen molar-refractivity contribution in [2.45, 2.75) is 71.2 Å². The molecule has 0 aliphatic rings. The maximum absolute atomic E-state index is 12.8. The number of carbonyl (C=O) groups is 3. The van der Waals surface area contributed by atoms with Crippen LogP contribution in [0.2, 0.25) is 16.6 Å². The summed E-state index contributed by atoms with van der Waals surface area (Å²) in [7, 11) is -1.98. The van der Waals surface area contributed by atoms with Gasteiger partial charge in [-0.2, -0.15) is 0 Å². The smallest absolute Gasteiger partial charge is 0.414 e. The maximum atomic E-state index is 12.8. The predicted octanol–water partition coefficient (Wildman–Crippen LogP) is 6.44. The molecule has 190 valence electrons. The monoisotopic (exact) mass is 499 g/mol. The highest BCUT2D eigenvalue weighted by Gasteiger charge is 2.44. The van der Waals surface area contributed by atoms with Crippen LogP contribution in [-0.4, -0.2) is 47.9 Å². The maximum Gasteiger partial charge on any atom is 0.414 e. The lowest BCUT2D eigenvalue weighted by atomic mass is 10.1. The van der Waals surface area contributed by atoms with E-state index in [2.05, 4.69) is 41.5 Å². The molecule has 0 unspecified atom stereocenters. The van der Waals surface area contributed by atoms with Crippen LogP contribution >= 0.6 is 0 Å². The molecule has 0 aliphatic heterocycles. The van der Waals surface area contributed by atoms with Gasteiger partial charge in [-0.3, -0.25) is 4.79 Å². The van der Waals surface area contributed by atoms with Gasteiger partial charge in [0.25, 0.3) is 5.91 Å². The number of amides is 2. The molecule has 0 spiro atoms. The third-order valence-electron chi connectivity index (χ3n) is 6.71. The Labute approximate surface area is 208 Å². The zero-order chi connectivity index (χ0) is 26.3. The van der Waals surface area contributed by atoms with Crippen LogP contribution in [0.1, 0.15) is 73.4 Å². The largest absolute Gasteiger partial charge is 0.478 e. The Balaban J connectivity index is 2.10. The molecule has 0 aromatic heterocycles. The number of hydrogen-bond donors (Lipinski definition) is 2. The van der Waals surface area contributed by atoms with Crippen LogP contribution in [0.15, 0.2) is 48.5 Å². The molecule has 0 fully saturated rings. The van der Waals surface area contributed by atoms with Crippen molar-refractivity contribution >= 4 is 26.3 Å². The highest BCUT2D eigenvalue weighted by molar-refractivity contribution is 6.77. The first-order chi connectivity index (χ1) is 16.4. The third-order valence-corrected chi connectivity index (χ3v) is 12.8. The molecule has 0 saturated carbocycles. The SMILES string of the molecule is CC(C)[Si](OCc1ccc(CCN(C(=O)O)C(=O)c2ccccc2C(=O)O)cc1)(C(C)C)C(C)C. The van der Waals surface area contributed by atoms with Crippen molar-refractivity contribution in [3.05, 3.63) is 70.8 Å². The molecule has 0 saturated heterocycles. The van der Waals surface area contributed by atoms with E-state index in [0.717, 1.165) is 11.1 Å². The molecule has 0 aliphatic carbocycles. The minimum Gasteiger partial charge on any atom is -0.478 e. The summed E-state index contributed by atoms with van der Waals surface area (Å²) >= 11 is 0. The number of aromatic carboxylic acids is 1. The zero-order valence-electron chi connectivity index (χ0n) is 21.4. The van der Waals surface area contributed by atoms with Gasteiger partial charge in [-0.15, -0.1) is 0 Å². The molecular formula is C27H37NO6Si. The van der Waals surface area contributed by atoms with E-state index >= 15 is 0 Å². The van der Waals surface area contributed by atoms with Crippen molar-refractivity contribution in [2.24, 2.45) is 0 Å². The summed E-state index contributed by atoms with van der Waals surface area (Å²) in [6, 6.07) is 13.4. The van der Waals surface area contributed by atoms with Crippen molar-refractivity contribution in [1.29, 1.82) is 0 Å². The van der Waals surface area contributed by atoms with Gasteiger partial charge in [-0.1, -0.05) is 77.9 Å². The van der Waals surface area contributed by atoms with E-state index in [1.54, 1.807) is 0 Å². The molecular weight excluding hydrogens is 462 g/mol. The van der Waals surface area contributed by atoms with Crippen molar-refractivity contribution in [1.82, 2.24) is 4.90 Å². The number of hydrogen-bond acceptors (Lipinski definition) is 4. The third kappa shape index (κ3) is 6.58. The first kappa shape index (κ1) is 28.3. The van der Waals surface area contributed by atoms with Gasteiger partial charge in [0.1, 0.15) is 0 Å². The summed E-state index contributed by atoms with van der Waals surface area (Å²) in [6.07, 6.45) is -1.10. The molecule has 2 N–H and O–H groups in total. The summed E-state index contributed by atoms with van der Waals surface area (Å²) in [5.74, 6) is -2.13. The van der Waals surface area contributed by atoms with E-state index in [0.29, 0.717) is 34.6 Å². The summed E-state index contributed by atoms with van der Waals surface area (Å²) in [4.78, 5) is 36.7. The van der Waals surface area contributed by atoms with Gasteiger partial charge in [-0.25, -0.2) is 14.5 Å². The molecule has 2 amide bonds. The van der Waals surface area contributed by atoms with Gasteiger partial charge >= 0.3 is 12.1 Å². The normalized spacial score (nSPS) is 11.8. The highest BCUT2D eigenvalue weighted by atomic mass is 28.4. The number of benzene rings is 2. The molecule has 7 nitrogen and oxygen atoms in total. The fourth-order valence-corrected chi connectivity index (χ4v) is 10.5. The Morgan fingerprint density at radius 2 is 1.29 bits per heavy atom. The fraction of sp³-hybridized carbons (Fsp3) is 0.444. The molecule has 0 radical (unpaired) electrons. The van der Waals surface area contributed by atoms with E-state index in [1.165, 1.54) is 24.3 Å². The number of imide groups is 1. The quantitative estimate of drug-likeness (QED) is 0.345. The van der Waals surface area contributed by atoms with Gasteiger partial charge in [0.2, 0.25) is 8.32 Å². The van der Waals surface area contributed by atoms with Crippen LogP contribution in [0.25, 0.3) is 0 Å². The van der Waals surface area contributed by atoms with Gasteiger partial charge in [-0.05, 0) is 46.3 Å². The number of rotatable bonds is 11. The highest BCUT2D eigenvalue weighted by Crippen LogP contribution is 2.42. The summed E-state index contributed by atoms with van der Waals surface area (Å²) in [5.41, 5.74) is 3.03. The van der Waals surface area contributed by atoms with Crippen LogP contribution in [-0.2, 0) is 17.5 Å². The fourth-order valence-electron chi connectivity index (χ4n) is 5.04. The Bertz CT molecular complexity index is 1010. The van der Waals surface area contributed by atoms with E-state index in [-0.39, 0.29) is 17.7 Å². The molecule has 0 atom stereocenters. The molecule has 2 aromatic rings. The first-order valence-electron chi connectivity index (χ1n) is 12.0. The van der Waals surface area contributed by atoms with E-state index in [9.17, 15) is 24.6 Å². The van der Waals surface area contributed by atoms with E-state index < -0.39 is 26.3 Å². The Kier molecular flexibility index (Phi) is 9.79.